The van der Waals surface area contributed by atoms with Crippen molar-refractivity contribution in [3.8, 4) is 0 Å². The van der Waals surface area contributed by atoms with Gasteiger partial charge in [-0.15, -0.1) is 0 Å². The second-order valence-corrected chi connectivity index (χ2v) is 5.24. The first kappa shape index (κ1) is 12.9. The van der Waals surface area contributed by atoms with Gasteiger partial charge in [-0.05, 0) is 25.5 Å². The fraction of sp³-hybridized carbons (Fsp3) is 0.400. The van der Waals surface area contributed by atoms with E-state index in [0.717, 1.165) is 6.07 Å². The van der Waals surface area contributed by atoms with Crippen molar-refractivity contribution >= 4 is 15.7 Å². The molecule has 0 radical (unpaired) electrons. The van der Waals surface area contributed by atoms with Gasteiger partial charge in [0, 0.05) is 6.04 Å². The number of hydrogen-bond acceptors (Lipinski definition) is 3. The van der Waals surface area contributed by atoms with Crippen LogP contribution >= 0.6 is 0 Å². The lowest BCUT2D eigenvalue weighted by molar-refractivity contribution is 0.540. The van der Waals surface area contributed by atoms with Gasteiger partial charge in [-0.2, -0.15) is 0 Å². The van der Waals surface area contributed by atoms with Crippen LogP contribution in [0.1, 0.15) is 20.3 Å². The minimum atomic E-state index is -3.88. The normalized spacial score (nSPS) is 13.7. The van der Waals surface area contributed by atoms with E-state index in [9.17, 15) is 12.8 Å². The summed E-state index contributed by atoms with van der Waals surface area (Å²) in [6.07, 6.45) is 0.619. The van der Waals surface area contributed by atoms with E-state index in [0.29, 0.717) is 6.42 Å². The average molecular weight is 246 g/mol. The van der Waals surface area contributed by atoms with Crippen LogP contribution in [0.15, 0.2) is 23.1 Å². The molecule has 3 N–H and O–H groups in total. The van der Waals surface area contributed by atoms with Crippen molar-refractivity contribution in [3.63, 3.8) is 0 Å². The van der Waals surface area contributed by atoms with Crippen molar-refractivity contribution in [1.82, 2.24) is 4.72 Å². The molecule has 0 amide bonds. The molecule has 0 aliphatic carbocycles. The molecule has 0 saturated heterocycles. The number of sulfonamides is 1. The summed E-state index contributed by atoms with van der Waals surface area (Å²) in [7, 11) is -3.88. The fourth-order valence-corrected chi connectivity index (χ4v) is 2.73. The molecule has 16 heavy (non-hydrogen) atoms. The van der Waals surface area contributed by atoms with E-state index < -0.39 is 20.7 Å². The molecule has 0 aliphatic heterocycles. The number of anilines is 1. The maximum absolute atomic E-state index is 13.4. The van der Waals surface area contributed by atoms with E-state index in [1.807, 2.05) is 6.92 Å². The molecular weight excluding hydrogens is 231 g/mol. The van der Waals surface area contributed by atoms with Crippen LogP contribution in [0.25, 0.3) is 0 Å². The van der Waals surface area contributed by atoms with Gasteiger partial charge in [-0.3, -0.25) is 0 Å². The zero-order valence-corrected chi connectivity index (χ0v) is 10.0. The molecule has 0 bridgehead atoms. The second kappa shape index (κ2) is 4.80. The Morgan fingerprint density at radius 3 is 2.62 bits per heavy atom. The Kier molecular flexibility index (Phi) is 3.88. The molecule has 90 valence electrons. The highest BCUT2D eigenvalue weighted by atomic mass is 32.2. The van der Waals surface area contributed by atoms with Crippen LogP contribution in [-0.2, 0) is 10.0 Å². The first-order valence-electron chi connectivity index (χ1n) is 4.94. The minimum absolute atomic E-state index is 0.0872. The Morgan fingerprint density at radius 1 is 1.50 bits per heavy atom. The van der Waals surface area contributed by atoms with Crippen LogP contribution in [0.2, 0.25) is 0 Å². The Morgan fingerprint density at radius 2 is 2.12 bits per heavy atom. The Bertz CT molecular complexity index is 453. The number of hydrogen-bond donors (Lipinski definition) is 2. The van der Waals surface area contributed by atoms with Gasteiger partial charge in [0.25, 0.3) is 0 Å². The van der Waals surface area contributed by atoms with Crippen molar-refractivity contribution < 1.29 is 12.8 Å². The van der Waals surface area contributed by atoms with E-state index in [1.165, 1.54) is 12.1 Å². The van der Waals surface area contributed by atoms with Crippen LogP contribution in [0.4, 0.5) is 10.1 Å². The van der Waals surface area contributed by atoms with Crippen LogP contribution in [0.5, 0.6) is 0 Å². The maximum atomic E-state index is 13.4. The molecule has 6 heteroatoms. The summed E-state index contributed by atoms with van der Waals surface area (Å²) < 4.78 is 39.4. The summed E-state index contributed by atoms with van der Waals surface area (Å²) in [5.41, 5.74) is 5.38. The number of nitrogens with two attached hydrogens (primary N) is 1. The van der Waals surface area contributed by atoms with Crippen molar-refractivity contribution in [3.05, 3.63) is 24.0 Å². The molecule has 0 heterocycles. The minimum Gasteiger partial charge on any atom is -0.398 e. The van der Waals surface area contributed by atoms with Crippen LogP contribution in [-0.4, -0.2) is 14.5 Å². The van der Waals surface area contributed by atoms with Crippen molar-refractivity contribution in [2.24, 2.45) is 0 Å². The first-order chi connectivity index (χ1) is 7.38. The molecule has 1 unspecified atom stereocenters. The summed E-state index contributed by atoms with van der Waals surface area (Å²) in [5, 5.41) is 0. The van der Waals surface area contributed by atoms with Gasteiger partial charge in [0.15, 0.2) is 0 Å². The largest absolute Gasteiger partial charge is 0.398 e. The Balaban J connectivity index is 3.17. The second-order valence-electron chi connectivity index (χ2n) is 3.59. The monoisotopic (exact) mass is 246 g/mol. The van der Waals surface area contributed by atoms with Gasteiger partial charge in [0.05, 0.1) is 5.69 Å². The number of nitrogens with one attached hydrogen (secondary N) is 1. The third kappa shape index (κ3) is 2.70. The molecule has 1 aromatic rings. The molecule has 0 aliphatic rings. The van der Waals surface area contributed by atoms with E-state index in [2.05, 4.69) is 4.72 Å². The summed E-state index contributed by atoms with van der Waals surface area (Å²) in [5.74, 6) is -0.837. The van der Waals surface area contributed by atoms with Gasteiger partial charge < -0.3 is 5.73 Å². The van der Waals surface area contributed by atoms with Gasteiger partial charge in [-0.25, -0.2) is 17.5 Å². The third-order valence-corrected chi connectivity index (χ3v) is 3.92. The summed E-state index contributed by atoms with van der Waals surface area (Å²) in [6, 6.07) is 3.53. The van der Waals surface area contributed by atoms with Crippen LogP contribution < -0.4 is 10.5 Å². The molecule has 0 fully saturated rings. The van der Waals surface area contributed by atoms with Crippen LogP contribution in [0.3, 0.4) is 0 Å². The highest BCUT2D eigenvalue weighted by Gasteiger charge is 2.23. The van der Waals surface area contributed by atoms with Crippen molar-refractivity contribution in [1.29, 1.82) is 0 Å². The molecule has 0 aromatic heterocycles. The van der Waals surface area contributed by atoms with Gasteiger partial charge in [-0.1, -0.05) is 13.0 Å². The van der Waals surface area contributed by atoms with E-state index >= 15 is 0 Å². The molecule has 1 aromatic carbocycles. The number of halogens is 1. The molecule has 0 saturated carbocycles. The number of benzene rings is 1. The van der Waals surface area contributed by atoms with E-state index in [4.69, 9.17) is 5.73 Å². The maximum Gasteiger partial charge on any atom is 0.245 e. The average Bonchev–Trinajstić information content (AvgIpc) is 2.16. The predicted octanol–water partition coefficient (Wildman–Crippen LogP) is 1.48. The third-order valence-electron chi connectivity index (χ3n) is 2.23. The van der Waals surface area contributed by atoms with Crippen molar-refractivity contribution in [2.75, 3.05) is 5.73 Å². The Labute approximate surface area is 94.7 Å². The molecule has 4 nitrogen and oxygen atoms in total. The summed E-state index contributed by atoms with van der Waals surface area (Å²) in [6.45, 7) is 3.53. The first-order valence-corrected chi connectivity index (χ1v) is 6.43. The lowest BCUT2D eigenvalue weighted by Gasteiger charge is -2.13. The number of rotatable bonds is 4. The van der Waals surface area contributed by atoms with E-state index in [1.54, 1.807) is 6.92 Å². The zero-order valence-electron chi connectivity index (χ0n) is 9.20. The lowest BCUT2D eigenvalue weighted by atomic mass is 10.3. The molecule has 0 spiro atoms. The molecule has 1 rings (SSSR count). The number of nitrogen functional groups attached to an aromatic ring is 1. The summed E-state index contributed by atoms with van der Waals surface area (Å²) in [4.78, 5) is -0.477. The SMILES string of the molecule is CCC(C)NS(=O)(=O)c1c(N)cccc1F. The van der Waals surface area contributed by atoms with E-state index in [-0.39, 0.29) is 11.7 Å². The van der Waals surface area contributed by atoms with Gasteiger partial charge >= 0.3 is 0 Å². The molecular formula is C10H15FN2O2S. The summed E-state index contributed by atoms with van der Waals surface area (Å²) >= 11 is 0. The fourth-order valence-electron chi connectivity index (χ4n) is 1.22. The zero-order chi connectivity index (χ0) is 12.3. The van der Waals surface area contributed by atoms with Gasteiger partial charge in [0.1, 0.15) is 10.7 Å². The van der Waals surface area contributed by atoms with Crippen molar-refractivity contribution in [2.45, 2.75) is 31.2 Å². The quantitative estimate of drug-likeness (QED) is 0.790. The Hall–Kier alpha value is -1.14. The van der Waals surface area contributed by atoms with Gasteiger partial charge in [0.2, 0.25) is 10.0 Å². The topological polar surface area (TPSA) is 72.2 Å². The highest BCUT2D eigenvalue weighted by Crippen LogP contribution is 2.21. The lowest BCUT2D eigenvalue weighted by Crippen LogP contribution is -2.33. The standard InChI is InChI=1S/C10H15FN2O2S/c1-3-7(2)13-16(14,15)10-8(11)5-4-6-9(10)12/h4-7,13H,3,12H2,1-2H3. The predicted molar refractivity (Wildman–Crippen MR) is 60.9 cm³/mol. The highest BCUT2D eigenvalue weighted by molar-refractivity contribution is 7.89. The molecule has 1 atom stereocenters. The van der Waals surface area contributed by atoms with Crippen LogP contribution in [0, 0.1) is 5.82 Å². The smallest absolute Gasteiger partial charge is 0.245 e.